The maximum atomic E-state index is 12.3. The molecule has 0 unspecified atom stereocenters. The third-order valence-electron chi connectivity index (χ3n) is 3.61. The summed E-state index contributed by atoms with van der Waals surface area (Å²) in [6.07, 6.45) is -0.0707. The summed E-state index contributed by atoms with van der Waals surface area (Å²) < 4.78 is 24.6. The maximum Gasteiger partial charge on any atom is 0.257 e. The lowest BCUT2D eigenvalue weighted by atomic mass is 10.1. The number of nitrogens with one attached hydrogen (secondary N) is 1. The normalized spacial score (nSPS) is 16.1. The van der Waals surface area contributed by atoms with Gasteiger partial charge in [-0.05, 0) is 42.5 Å². The molecule has 0 aromatic heterocycles. The van der Waals surface area contributed by atoms with Gasteiger partial charge in [-0.3, -0.25) is 9.59 Å². The number of nitrogens with zero attached hydrogens (tertiary/aromatic N) is 1. The first-order valence-electron chi connectivity index (χ1n) is 7.20. The number of halogens is 2. The summed E-state index contributed by atoms with van der Waals surface area (Å²) in [7, 11) is -3.68. The second kappa shape index (κ2) is 6.67. The second-order valence-electron chi connectivity index (χ2n) is 5.35. The molecular formula is C16H12Cl2N2O4S. The van der Waals surface area contributed by atoms with E-state index in [0.29, 0.717) is 10.7 Å². The predicted molar refractivity (Wildman–Crippen MR) is 96.7 cm³/mol. The van der Waals surface area contributed by atoms with E-state index in [1.165, 1.54) is 18.2 Å². The molecule has 0 saturated carbocycles. The lowest BCUT2D eigenvalue weighted by Crippen LogP contribution is -2.29. The molecule has 1 N–H and O–H groups in total. The van der Waals surface area contributed by atoms with E-state index < -0.39 is 21.8 Å². The first-order valence-corrected chi connectivity index (χ1v) is 9.57. The number of amides is 2. The van der Waals surface area contributed by atoms with E-state index in [2.05, 4.69) is 5.32 Å². The van der Waals surface area contributed by atoms with Crippen molar-refractivity contribution >= 4 is 56.4 Å². The van der Waals surface area contributed by atoms with Crippen LogP contribution in [-0.4, -0.2) is 26.0 Å². The van der Waals surface area contributed by atoms with E-state index >= 15 is 0 Å². The summed E-state index contributed by atoms with van der Waals surface area (Å²) in [4.78, 5) is 24.1. The van der Waals surface area contributed by atoms with Crippen molar-refractivity contribution in [2.75, 3.05) is 15.4 Å². The third kappa shape index (κ3) is 3.63. The van der Waals surface area contributed by atoms with E-state index in [9.17, 15) is 18.0 Å². The van der Waals surface area contributed by atoms with Crippen LogP contribution < -0.4 is 9.62 Å². The Balaban J connectivity index is 1.86. The average molecular weight is 399 g/mol. The van der Waals surface area contributed by atoms with Crippen molar-refractivity contribution in [3.05, 3.63) is 58.1 Å². The number of anilines is 2. The molecule has 0 radical (unpaired) electrons. The molecule has 0 atom stereocenters. The van der Waals surface area contributed by atoms with Gasteiger partial charge in [-0.1, -0.05) is 23.2 Å². The number of carbonyl (C=O) groups is 2. The van der Waals surface area contributed by atoms with Gasteiger partial charge in [0, 0.05) is 17.1 Å². The minimum atomic E-state index is -3.68. The van der Waals surface area contributed by atoms with Gasteiger partial charge in [0.05, 0.1) is 22.0 Å². The van der Waals surface area contributed by atoms with Crippen LogP contribution >= 0.6 is 23.2 Å². The number of carbonyl (C=O) groups excluding carboxylic acids is 2. The lowest BCUT2D eigenvalue weighted by molar-refractivity contribution is -0.116. The fourth-order valence-electron chi connectivity index (χ4n) is 2.41. The summed E-state index contributed by atoms with van der Waals surface area (Å²) in [5.41, 5.74) is 0.812. The summed E-state index contributed by atoms with van der Waals surface area (Å²) in [5.74, 6) is -1.22. The molecular weight excluding hydrogens is 387 g/mol. The number of hydrogen-bond donors (Lipinski definition) is 1. The summed E-state index contributed by atoms with van der Waals surface area (Å²) >= 11 is 11.9. The molecule has 0 spiro atoms. The molecule has 1 heterocycles. The Morgan fingerprint density at radius 2 is 1.76 bits per heavy atom. The largest absolute Gasteiger partial charge is 0.322 e. The van der Waals surface area contributed by atoms with Crippen LogP contribution in [0.1, 0.15) is 16.8 Å². The molecule has 1 fully saturated rings. The number of benzene rings is 2. The Morgan fingerprint density at radius 3 is 2.32 bits per heavy atom. The molecule has 2 amide bonds. The van der Waals surface area contributed by atoms with Crippen LogP contribution in [-0.2, 0) is 14.8 Å². The fraction of sp³-hybridized carbons (Fsp3) is 0.125. The van der Waals surface area contributed by atoms with Gasteiger partial charge in [0.1, 0.15) is 0 Å². The van der Waals surface area contributed by atoms with Crippen LogP contribution in [0.15, 0.2) is 42.5 Å². The lowest BCUT2D eigenvalue weighted by Gasteiger charge is -2.16. The average Bonchev–Trinajstić information content (AvgIpc) is 2.82. The second-order valence-corrected chi connectivity index (χ2v) is 8.13. The Kier molecular flexibility index (Phi) is 4.73. The highest BCUT2D eigenvalue weighted by Crippen LogP contribution is 2.29. The number of rotatable bonds is 3. The summed E-state index contributed by atoms with van der Waals surface area (Å²) in [5, 5.41) is 3.24. The van der Waals surface area contributed by atoms with Crippen LogP contribution in [0.2, 0.25) is 10.0 Å². The van der Waals surface area contributed by atoms with E-state index in [1.54, 1.807) is 24.3 Å². The van der Waals surface area contributed by atoms with Gasteiger partial charge in [0.15, 0.2) is 0 Å². The SMILES string of the molecule is O=C(Nc1ccc(Cl)cc1)c1ccc(N2C(=O)CCS2(=O)=O)cc1Cl. The molecule has 25 heavy (non-hydrogen) atoms. The first kappa shape index (κ1) is 17.7. The van der Waals surface area contributed by atoms with Crippen molar-refractivity contribution in [3.8, 4) is 0 Å². The number of hydrogen-bond acceptors (Lipinski definition) is 4. The fourth-order valence-corrected chi connectivity index (χ4v) is 4.25. The van der Waals surface area contributed by atoms with E-state index in [0.717, 1.165) is 4.31 Å². The first-order chi connectivity index (χ1) is 11.8. The Labute approximate surface area is 154 Å². The summed E-state index contributed by atoms with van der Waals surface area (Å²) in [6, 6.07) is 10.6. The van der Waals surface area contributed by atoms with Crippen LogP contribution in [0.3, 0.4) is 0 Å². The molecule has 130 valence electrons. The van der Waals surface area contributed by atoms with Gasteiger partial charge in [0.2, 0.25) is 15.9 Å². The highest BCUT2D eigenvalue weighted by molar-refractivity contribution is 7.94. The molecule has 0 bridgehead atoms. The Hall–Kier alpha value is -2.09. The number of sulfonamides is 1. The molecule has 1 aliphatic rings. The van der Waals surface area contributed by atoms with E-state index in [-0.39, 0.29) is 28.4 Å². The minimum Gasteiger partial charge on any atom is -0.322 e. The van der Waals surface area contributed by atoms with Crippen molar-refractivity contribution in [1.82, 2.24) is 0 Å². The van der Waals surface area contributed by atoms with Crippen molar-refractivity contribution < 1.29 is 18.0 Å². The van der Waals surface area contributed by atoms with E-state index in [1.807, 2.05) is 0 Å². The maximum absolute atomic E-state index is 12.3. The van der Waals surface area contributed by atoms with Gasteiger partial charge < -0.3 is 5.32 Å². The van der Waals surface area contributed by atoms with Crippen molar-refractivity contribution in [2.45, 2.75) is 6.42 Å². The Bertz CT molecular complexity index is 959. The zero-order valence-electron chi connectivity index (χ0n) is 12.7. The van der Waals surface area contributed by atoms with Crippen molar-refractivity contribution in [3.63, 3.8) is 0 Å². The van der Waals surface area contributed by atoms with Crippen LogP contribution in [0.25, 0.3) is 0 Å². The smallest absolute Gasteiger partial charge is 0.257 e. The topological polar surface area (TPSA) is 83.6 Å². The highest BCUT2D eigenvalue weighted by Gasteiger charge is 2.36. The molecule has 2 aromatic rings. The molecule has 6 nitrogen and oxygen atoms in total. The van der Waals surface area contributed by atoms with Crippen molar-refractivity contribution in [1.29, 1.82) is 0 Å². The van der Waals surface area contributed by atoms with Gasteiger partial charge in [-0.25, -0.2) is 12.7 Å². The molecule has 0 aliphatic carbocycles. The standard InChI is InChI=1S/C16H12Cl2N2O4S/c17-10-1-3-11(4-2-10)19-16(22)13-6-5-12(9-14(13)18)20-15(21)7-8-25(20,23)24/h1-6,9H,7-8H2,(H,19,22). The molecule has 1 aliphatic heterocycles. The van der Waals surface area contributed by atoms with Gasteiger partial charge >= 0.3 is 0 Å². The Morgan fingerprint density at radius 1 is 1.08 bits per heavy atom. The summed E-state index contributed by atoms with van der Waals surface area (Å²) in [6.45, 7) is 0. The molecule has 3 rings (SSSR count). The zero-order valence-corrected chi connectivity index (χ0v) is 15.0. The highest BCUT2D eigenvalue weighted by atomic mass is 35.5. The minimum absolute atomic E-state index is 0.0406. The molecule has 9 heteroatoms. The zero-order chi connectivity index (χ0) is 18.2. The predicted octanol–water partition coefficient (Wildman–Crippen LogP) is 3.31. The quantitative estimate of drug-likeness (QED) is 0.859. The van der Waals surface area contributed by atoms with Crippen LogP contribution in [0.4, 0.5) is 11.4 Å². The van der Waals surface area contributed by atoms with E-state index in [4.69, 9.17) is 23.2 Å². The van der Waals surface area contributed by atoms with Crippen LogP contribution in [0, 0.1) is 0 Å². The van der Waals surface area contributed by atoms with Crippen LogP contribution in [0.5, 0.6) is 0 Å². The molecule has 2 aromatic carbocycles. The van der Waals surface area contributed by atoms with Gasteiger partial charge in [0.25, 0.3) is 5.91 Å². The third-order valence-corrected chi connectivity index (χ3v) is 5.87. The van der Waals surface area contributed by atoms with Gasteiger partial charge in [-0.15, -0.1) is 0 Å². The molecule has 1 saturated heterocycles. The monoisotopic (exact) mass is 398 g/mol. The van der Waals surface area contributed by atoms with Gasteiger partial charge in [-0.2, -0.15) is 0 Å². The van der Waals surface area contributed by atoms with Crippen molar-refractivity contribution in [2.24, 2.45) is 0 Å².